The minimum atomic E-state index is 0.357. The molecule has 2 aromatic carbocycles. The van der Waals surface area contributed by atoms with E-state index in [1.165, 1.54) is 68.1 Å². The number of hydrogen-bond acceptors (Lipinski definition) is 2. The third-order valence-corrected chi connectivity index (χ3v) is 6.09. The number of hydrogen-bond donors (Lipinski definition) is 0. The van der Waals surface area contributed by atoms with Crippen molar-refractivity contribution in [1.29, 1.82) is 0 Å². The van der Waals surface area contributed by atoms with E-state index >= 15 is 0 Å². The second kappa shape index (κ2) is 11.3. The topological polar surface area (TPSA) is 18.5 Å². The third kappa shape index (κ3) is 6.38. The smallest absolute Gasteiger partial charge is 0.189 e. The lowest BCUT2D eigenvalue weighted by atomic mass is 9.84. The van der Waals surface area contributed by atoms with Crippen molar-refractivity contribution in [2.45, 2.75) is 77.7 Å². The molecule has 152 valence electrons. The first-order valence-electron chi connectivity index (χ1n) is 11.2. The monoisotopic (exact) mass is 380 g/mol. The standard InChI is InChI=1S/C26H36O2/c1-3-5-6-7-22-10-16-25(17-11-22)27-20-28-26-18-14-24(15-19-26)23-12-8-21(4-2)9-13-23/h8-9,12-15,18-19,22,25H,3-7,10-11,16-17,20H2,1-2H3. The van der Waals surface area contributed by atoms with Crippen LogP contribution in [0.2, 0.25) is 0 Å². The molecule has 2 aromatic rings. The SMILES string of the molecule is CCCCCC1CCC(OCOc2ccc(-c3ccc(CC)cc3)cc2)CC1. The molecule has 2 nitrogen and oxygen atoms in total. The van der Waals surface area contributed by atoms with Crippen molar-refractivity contribution in [3.63, 3.8) is 0 Å². The summed E-state index contributed by atoms with van der Waals surface area (Å²) in [6, 6.07) is 17.1. The van der Waals surface area contributed by atoms with Gasteiger partial charge in [0.05, 0.1) is 6.10 Å². The summed E-state index contributed by atoms with van der Waals surface area (Å²) in [6.07, 6.45) is 12.0. The molecule has 0 aliphatic heterocycles. The van der Waals surface area contributed by atoms with E-state index in [0.29, 0.717) is 12.9 Å². The fourth-order valence-corrected chi connectivity index (χ4v) is 4.15. The van der Waals surface area contributed by atoms with Gasteiger partial charge < -0.3 is 9.47 Å². The van der Waals surface area contributed by atoms with Gasteiger partial charge in [-0.15, -0.1) is 0 Å². The molecule has 0 atom stereocenters. The molecule has 0 unspecified atom stereocenters. The van der Waals surface area contributed by atoms with Crippen molar-refractivity contribution in [2.75, 3.05) is 6.79 Å². The molecular weight excluding hydrogens is 344 g/mol. The summed E-state index contributed by atoms with van der Waals surface area (Å²) in [7, 11) is 0. The van der Waals surface area contributed by atoms with Gasteiger partial charge in [-0.1, -0.05) is 75.9 Å². The van der Waals surface area contributed by atoms with Crippen molar-refractivity contribution >= 4 is 0 Å². The van der Waals surface area contributed by atoms with Crippen molar-refractivity contribution in [3.8, 4) is 16.9 Å². The second-order valence-electron chi connectivity index (χ2n) is 8.14. The molecule has 0 spiro atoms. The molecule has 28 heavy (non-hydrogen) atoms. The zero-order valence-electron chi connectivity index (χ0n) is 17.7. The first kappa shape index (κ1) is 20.9. The van der Waals surface area contributed by atoms with Crippen LogP contribution in [-0.4, -0.2) is 12.9 Å². The quantitative estimate of drug-likeness (QED) is 0.315. The van der Waals surface area contributed by atoms with Crippen LogP contribution < -0.4 is 4.74 Å². The summed E-state index contributed by atoms with van der Waals surface area (Å²) in [5.41, 5.74) is 3.84. The van der Waals surface area contributed by atoms with Gasteiger partial charge in [-0.2, -0.15) is 0 Å². The molecule has 0 N–H and O–H groups in total. The van der Waals surface area contributed by atoms with Gasteiger partial charge in [0, 0.05) is 0 Å². The molecule has 1 aliphatic carbocycles. The lowest BCUT2D eigenvalue weighted by Gasteiger charge is -2.28. The average molecular weight is 381 g/mol. The Morgan fingerprint density at radius 1 is 0.786 bits per heavy atom. The van der Waals surface area contributed by atoms with E-state index in [9.17, 15) is 0 Å². The maximum Gasteiger partial charge on any atom is 0.189 e. The number of aryl methyl sites for hydroxylation is 1. The van der Waals surface area contributed by atoms with Crippen LogP contribution in [0.1, 0.15) is 70.8 Å². The van der Waals surface area contributed by atoms with Crippen LogP contribution in [0.25, 0.3) is 11.1 Å². The average Bonchev–Trinajstić information content (AvgIpc) is 2.76. The lowest BCUT2D eigenvalue weighted by Crippen LogP contribution is -2.23. The predicted molar refractivity (Wildman–Crippen MR) is 118 cm³/mol. The predicted octanol–water partition coefficient (Wildman–Crippen LogP) is 7.41. The summed E-state index contributed by atoms with van der Waals surface area (Å²) in [4.78, 5) is 0. The number of ether oxygens (including phenoxy) is 2. The summed E-state index contributed by atoms with van der Waals surface area (Å²) in [5, 5.41) is 0. The molecule has 0 bridgehead atoms. The highest BCUT2D eigenvalue weighted by atomic mass is 16.7. The van der Waals surface area contributed by atoms with E-state index in [0.717, 1.165) is 18.1 Å². The molecule has 0 heterocycles. The van der Waals surface area contributed by atoms with Crippen molar-refractivity contribution in [1.82, 2.24) is 0 Å². The Kier molecular flexibility index (Phi) is 8.42. The molecule has 1 fully saturated rings. The van der Waals surface area contributed by atoms with Gasteiger partial charge in [0.1, 0.15) is 5.75 Å². The summed E-state index contributed by atoms with van der Waals surface area (Å²) >= 11 is 0. The fourth-order valence-electron chi connectivity index (χ4n) is 4.15. The minimum Gasteiger partial charge on any atom is -0.468 e. The Balaban J connectivity index is 1.37. The van der Waals surface area contributed by atoms with E-state index in [1.807, 2.05) is 12.1 Å². The van der Waals surface area contributed by atoms with Gasteiger partial charge in [0.2, 0.25) is 0 Å². The molecule has 1 aliphatic rings. The van der Waals surface area contributed by atoms with Crippen LogP contribution in [0.3, 0.4) is 0 Å². The maximum atomic E-state index is 5.98. The van der Waals surface area contributed by atoms with Gasteiger partial charge in [0.25, 0.3) is 0 Å². The zero-order chi connectivity index (χ0) is 19.6. The van der Waals surface area contributed by atoms with Gasteiger partial charge in [-0.25, -0.2) is 0 Å². The molecule has 0 saturated heterocycles. The van der Waals surface area contributed by atoms with E-state index in [4.69, 9.17) is 9.47 Å². The highest BCUT2D eigenvalue weighted by Crippen LogP contribution is 2.30. The van der Waals surface area contributed by atoms with Crippen molar-refractivity contribution in [3.05, 3.63) is 54.1 Å². The van der Waals surface area contributed by atoms with Crippen LogP contribution >= 0.6 is 0 Å². The van der Waals surface area contributed by atoms with Gasteiger partial charge in [0.15, 0.2) is 6.79 Å². The van der Waals surface area contributed by atoms with Crippen LogP contribution in [0.4, 0.5) is 0 Å². The Hall–Kier alpha value is -1.80. The van der Waals surface area contributed by atoms with Crippen molar-refractivity contribution in [2.24, 2.45) is 5.92 Å². The van der Waals surface area contributed by atoms with E-state index < -0.39 is 0 Å². The summed E-state index contributed by atoms with van der Waals surface area (Å²) in [5.74, 6) is 1.80. The normalized spacial score (nSPS) is 19.5. The number of benzene rings is 2. The summed E-state index contributed by atoms with van der Waals surface area (Å²) < 4.78 is 11.8. The third-order valence-electron chi connectivity index (χ3n) is 6.09. The molecule has 0 aromatic heterocycles. The Bertz CT molecular complexity index is 667. The van der Waals surface area contributed by atoms with Crippen LogP contribution in [0.5, 0.6) is 5.75 Å². The Morgan fingerprint density at radius 2 is 1.43 bits per heavy atom. The molecule has 0 amide bonds. The van der Waals surface area contributed by atoms with Crippen LogP contribution in [-0.2, 0) is 11.2 Å². The highest BCUT2D eigenvalue weighted by Gasteiger charge is 2.21. The first-order valence-corrected chi connectivity index (χ1v) is 11.2. The van der Waals surface area contributed by atoms with E-state index in [-0.39, 0.29) is 0 Å². The first-order chi connectivity index (χ1) is 13.8. The molecule has 3 rings (SSSR count). The summed E-state index contributed by atoms with van der Waals surface area (Å²) in [6.45, 7) is 4.82. The Labute approximate surface area is 171 Å². The number of rotatable bonds is 10. The van der Waals surface area contributed by atoms with Crippen molar-refractivity contribution < 1.29 is 9.47 Å². The minimum absolute atomic E-state index is 0.357. The van der Waals surface area contributed by atoms with Gasteiger partial charge in [-0.05, 0) is 66.8 Å². The molecule has 0 radical (unpaired) electrons. The largest absolute Gasteiger partial charge is 0.468 e. The molecule has 1 saturated carbocycles. The highest BCUT2D eigenvalue weighted by molar-refractivity contribution is 5.64. The van der Waals surface area contributed by atoms with Crippen LogP contribution in [0.15, 0.2) is 48.5 Å². The van der Waals surface area contributed by atoms with E-state index in [1.54, 1.807) is 0 Å². The van der Waals surface area contributed by atoms with Crippen LogP contribution in [0, 0.1) is 5.92 Å². The zero-order valence-corrected chi connectivity index (χ0v) is 17.7. The lowest BCUT2D eigenvalue weighted by molar-refractivity contribution is -0.0553. The second-order valence-corrected chi connectivity index (χ2v) is 8.14. The van der Waals surface area contributed by atoms with E-state index in [2.05, 4.69) is 50.2 Å². The van der Waals surface area contributed by atoms with Gasteiger partial charge >= 0.3 is 0 Å². The molecule has 2 heteroatoms. The molecular formula is C26H36O2. The van der Waals surface area contributed by atoms with Gasteiger partial charge in [-0.3, -0.25) is 0 Å². The Morgan fingerprint density at radius 3 is 2.04 bits per heavy atom. The maximum absolute atomic E-state index is 5.98. The number of unbranched alkanes of at least 4 members (excludes halogenated alkanes) is 2. The fraction of sp³-hybridized carbons (Fsp3) is 0.538.